The third-order valence-electron chi connectivity index (χ3n) is 6.36. The van der Waals surface area contributed by atoms with Crippen LogP contribution in [0.2, 0.25) is 0 Å². The maximum atomic E-state index is 9.92. The zero-order chi connectivity index (χ0) is 21.2. The summed E-state index contributed by atoms with van der Waals surface area (Å²) in [5, 5.41) is 9.92. The highest BCUT2D eigenvalue weighted by atomic mass is 15.3. The summed E-state index contributed by atoms with van der Waals surface area (Å²) in [7, 11) is 0. The number of nitrogens with zero attached hydrogens (tertiary/aromatic N) is 4. The minimum Gasteiger partial charge on any atom is -0.346 e. The van der Waals surface area contributed by atoms with Crippen molar-refractivity contribution in [1.29, 1.82) is 5.26 Å². The van der Waals surface area contributed by atoms with Crippen LogP contribution < -0.4 is 9.80 Å². The summed E-state index contributed by atoms with van der Waals surface area (Å²) >= 11 is 0. The van der Waals surface area contributed by atoms with E-state index in [9.17, 15) is 5.26 Å². The van der Waals surface area contributed by atoms with Crippen molar-refractivity contribution in [2.75, 3.05) is 31.1 Å². The molecule has 156 valence electrons. The number of quaternary nitrogens is 1. The lowest BCUT2D eigenvalue weighted by Crippen LogP contribution is -3.13. The number of anilines is 1. The monoisotopic (exact) mass is 410 g/mol. The number of benzene rings is 2. The van der Waals surface area contributed by atoms with Crippen LogP contribution in [0.3, 0.4) is 0 Å². The smallest absolute Gasteiger partial charge is 0.157 e. The fourth-order valence-corrected chi connectivity index (χ4v) is 4.80. The SMILES string of the molecule is CCCc1cc(N2CC[NH+](Cc3ccccc3)CC2)n2c(nc3ccccc32)c1C#N. The first-order valence-electron chi connectivity index (χ1n) is 11.2. The predicted molar refractivity (Wildman–Crippen MR) is 124 cm³/mol. The molecule has 0 radical (unpaired) electrons. The van der Waals surface area contributed by atoms with E-state index in [-0.39, 0.29) is 0 Å². The molecule has 0 saturated carbocycles. The maximum Gasteiger partial charge on any atom is 0.157 e. The summed E-state index contributed by atoms with van der Waals surface area (Å²) < 4.78 is 2.20. The molecule has 2 aromatic heterocycles. The van der Waals surface area contributed by atoms with Crippen LogP contribution in [0.5, 0.6) is 0 Å². The van der Waals surface area contributed by atoms with E-state index in [2.05, 4.69) is 64.8 Å². The highest BCUT2D eigenvalue weighted by molar-refractivity contribution is 5.85. The number of pyridine rings is 1. The molecule has 1 fully saturated rings. The van der Waals surface area contributed by atoms with E-state index in [0.717, 1.165) is 73.4 Å². The van der Waals surface area contributed by atoms with E-state index in [1.165, 1.54) is 11.4 Å². The molecule has 0 unspecified atom stereocenters. The van der Waals surface area contributed by atoms with Crippen LogP contribution in [0.15, 0.2) is 60.7 Å². The Morgan fingerprint density at radius 2 is 1.77 bits per heavy atom. The predicted octanol–water partition coefficient (Wildman–Crippen LogP) is 3.22. The van der Waals surface area contributed by atoms with E-state index < -0.39 is 0 Å². The Morgan fingerprint density at radius 3 is 2.52 bits per heavy atom. The Hall–Kier alpha value is -3.36. The number of nitriles is 1. The van der Waals surface area contributed by atoms with Crippen LogP contribution in [-0.2, 0) is 13.0 Å². The van der Waals surface area contributed by atoms with E-state index in [1.807, 2.05) is 18.2 Å². The van der Waals surface area contributed by atoms with Gasteiger partial charge in [0.1, 0.15) is 18.4 Å². The van der Waals surface area contributed by atoms with Crippen molar-refractivity contribution in [2.45, 2.75) is 26.3 Å². The molecule has 0 atom stereocenters. The minimum atomic E-state index is 0.718. The fourth-order valence-electron chi connectivity index (χ4n) is 4.80. The standard InChI is InChI=1S/C26H27N5/c1-2-8-21-17-25(30-15-13-29(14-16-30)19-20-9-4-3-5-10-20)31-24-12-7-6-11-23(24)28-26(31)22(21)18-27/h3-7,9-12,17H,2,8,13-16,19H2,1H3/p+1. The molecule has 5 heteroatoms. The second-order valence-corrected chi connectivity index (χ2v) is 8.42. The summed E-state index contributed by atoms with van der Waals surface area (Å²) in [6, 6.07) is 23.7. The molecule has 3 heterocycles. The molecule has 5 nitrogen and oxygen atoms in total. The lowest BCUT2D eigenvalue weighted by molar-refractivity contribution is -0.914. The summed E-state index contributed by atoms with van der Waals surface area (Å²) in [4.78, 5) is 8.97. The third kappa shape index (κ3) is 3.64. The number of fused-ring (bicyclic) bond motifs is 3. The van der Waals surface area contributed by atoms with Crippen LogP contribution in [0.25, 0.3) is 16.7 Å². The van der Waals surface area contributed by atoms with Gasteiger partial charge in [-0.1, -0.05) is 55.8 Å². The van der Waals surface area contributed by atoms with Gasteiger partial charge in [-0.15, -0.1) is 0 Å². The Labute approximate surface area is 183 Å². The van der Waals surface area contributed by atoms with Crippen molar-refractivity contribution >= 4 is 22.5 Å². The number of nitrogens with one attached hydrogen (secondary N) is 1. The van der Waals surface area contributed by atoms with E-state index in [4.69, 9.17) is 4.98 Å². The fraction of sp³-hybridized carbons (Fsp3) is 0.308. The molecule has 4 aromatic rings. The molecule has 1 saturated heterocycles. The number of imidazole rings is 1. The van der Waals surface area contributed by atoms with Gasteiger partial charge < -0.3 is 9.80 Å². The van der Waals surface area contributed by atoms with Gasteiger partial charge in [0, 0.05) is 5.56 Å². The molecule has 1 N–H and O–H groups in total. The number of aromatic nitrogens is 2. The summed E-state index contributed by atoms with van der Waals surface area (Å²) in [6.45, 7) is 7.45. The molecule has 0 aliphatic carbocycles. The van der Waals surface area contributed by atoms with Crippen LogP contribution >= 0.6 is 0 Å². The number of rotatable bonds is 5. The minimum absolute atomic E-state index is 0.718. The Kier molecular flexibility index (Phi) is 5.31. The average Bonchev–Trinajstić information content (AvgIpc) is 3.19. The van der Waals surface area contributed by atoms with Gasteiger partial charge in [0.15, 0.2) is 5.65 Å². The Balaban J connectivity index is 1.51. The first-order valence-corrected chi connectivity index (χ1v) is 11.2. The molecular formula is C26H28N5+. The number of para-hydroxylation sites is 2. The zero-order valence-corrected chi connectivity index (χ0v) is 18.0. The number of hydrogen-bond acceptors (Lipinski definition) is 3. The number of piperazine rings is 1. The van der Waals surface area contributed by atoms with Crippen LogP contribution in [0.4, 0.5) is 5.82 Å². The highest BCUT2D eigenvalue weighted by Gasteiger charge is 2.25. The van der Waals surface area contributed by atoms with Gasteiger partial charge >= 0.3 is 0 Å². The van der Waals surface area contributed by atoms with Gasteiger partial charge in [-0.2, -0.15) is 5.26 Å². The molecule has 0 amide bonds. The molecule has 0 spiro atoms. The van der Waals surface area contributed by atoms with Crippen molar-refractivity contribution in [3.8, 4) is 6.07 Å². The second-order valence-electron chi connectivity index (χ2n) is 8.42. The molecule has 0 bridgehead atoms. The first-order chi connectivity index (χ1) is 15.3. The second kappa shape index (κ2) is 8.41. The summed E-state index contributed by atoms with van der Waals surface area (Å²) in [5.74, 6) is 1.17. The van der Waals surface area contributed by atoms with Crippen molar-refractivity contribution in [3.05, 3.63) is 77.4 Å². The Morgan fingerprint density at radius 1 is 1.03 bits per heavy atom. The van der Waals surface area contributed by atoms with Crippen LogP contribution in [0, 0.1) is 11.3 Å². The normalized spacial score (nSPS) is 14.9. The average molecular weight is 411 g/mol. The largest absolute Gasteiger partial charge is 0.346 e. The number of aryl methyl sites for hydroxylation is 1. The van der Waals surface area contributed by atoms with Gasteiger partial charge in [0.05, 0.1) is 42.8 Å². The molecular weight excluding hydrogens is 382 g/mol. The van der Waals surface area contributed by atoms with Crippen molar-refractivity contribution in [2.24, 2.45) is 0 Å². The summed E-state index contributed by atoms with van der Waals surface area (Å²) in [5.41, 5.74) is 6.05. The van der Waals surface area contributed by atoms with Gasteiger partial charge in [-0.25, -0.2) is 4.98 Å². The van der Waals surface area contributed by atoms with Crippen molar-refractivity contribution < 1.29 is 4.90 Å². The first kappa shape index (κ1) is 19.6. The third-order valence-corrected chi connectivity index (χ3v) is 6.36. The van der Waals surface area contributed by atoms with Gasteiger partial charge in [0.25, 0.3) is 0 Å². The lowest BCUT2D eigenvalue weighted by Gasteiger charge is -2.34. The molecule has 1 aliphatic rings. The van der Waals surface area contributed by atoms with Crippen molar-refractivity contribution in [3.63, 3.8) is 0 Å². The van der Waals surface area contributed by atoms with Crippen LogP contribution in [0.1, 0.15) is 30.0 Å². The van der Waals surface area contributed by atoms with Crippen molar-refractivity contribution in [1.82, 2.24) is 9.38 Å². The maximum absolute atomic E-state index is 9.92. The van der Waals surface area contributed by atoms with Crippen LogP contribution in [-0.4, -0.2) is 35.6 Å². The number of hydrogen-bond donors (Lipinski definition) is 1. The van der Waals surface area contributed by atoms with Gasteiger partial charge in [-0.05, 0) is 30.2 Å². The molecule has 5 rings (SSSR count). The van der Waals surface area contributed by atoms with Gasteiger partial charge in [-0.3, -0.25) is 4.40 Å². The molecule has 1 aliphatic heterocycles. The quantitative estimate of drug-likeness (QED) is 0.550. The van der Waals surface area contributed by atoms with Gasteiger partial charge in [0.2, 0.25) is 0 Å². The summed E-state index contributed by atoms with van der Waals surface area (Å²) in [6.07, 6.45) is 1.91. The Bertz CT molecular complexity index is 1240. The topological polar surface area (TPSA) is 48.8 Å². The zero-order valence-electron chi connectivity index (χ0n) is 18.0. The molecule has 31 heavy (non-hydrogen) atoms. The van der Waals surface area contributed by atoms with E-state index >= 15 is 0 Å². The lowest BCUT2D eigenvalue weighted by atomic mass is 10.0. The van der Waals surface area contributed by atoms with E-state index in [1.54, 1.807) is 4.90 Å². The van der Waals surface area contributed by atoms with E-state index in [0.29, 0.717) is 0 Å². The molecule has 2 aromatic carbocycles. The highest BCUT2D eigenvalue weighted by Crippen LogP contribution is 2.29.